The van der Waals surface area contributed by atoms with Crippen molar-refractivity contribution in [2.45, 2.75) is 13.5 Å². The first kappa shape index (κ1) is 7.89. The van der Waals surface area contributed by atoms with Crippen LogP contribution in [0.1, 0.15) is 6.92 Å². The standard InChI is InChI=1S/C8H8N2S2/c1-2-10-4-3-7-6(5-10)9-8(11)12-7/h3-5H,2H2,1H3/p+1. The molecule has 0 unspecified atom stereocenters. The molecule has 4 heteroatoms. The maximum absolute atomic E-state index is 5.05. The predicted molar refractivity (Wildman–Crippen MR) is 52.9 cm³/mol. The number of hydrogen-bond donors (Lipinski definition) is 1. The highest BCUT2D eigenvalue weighted by atomic mass is 32.1. The third kappa shape index (κ3) is 1.28. The molecule has 2 heterocycles. The van der Waals surface area contributed by atoms with Crippen LogP contribution in [-0.4, -0.2) is 4.98 Å². The van der Waals surface area contributed by atoms with Crippen molar-refractivity contribution in [3.63, 3.8) is 0 Å². The Morgan fingerprint density at radius 2 is 2.50 bits per heavy atom. The Balaban J connectivity index is 2.74. The van der Waals surface area contributed by atoms with Gasteiger partial charge in [-0.05, 0) is 19.1 Å². The summed E-state index contributed by atoms with van der Waals surface area (Å²) in [4.78, 5) is 3.15. The van der Waals surface area contributed by atoms with E-state index in [0.717, 1.165) is 16.0 Å². The highest BCUT2D eigenvalue weighted by molar-refractivity contribution is 7.73. The van der Waals surface area contributed by atoms with Crippen LogP contribution in [0, 0.1) is 3.95 Å². The Kier molecular flexibility index (Phi) is 1.94. The Bertz CT molecular complexity index is 455. The molecule has 2 aromatic heterocycles. The molecule has 0 amide bonds. The lowest BCUT2D eigenvalue weighted by Crippen LogP contribution is -2.30. The molecule has 0 fully saturated rings. The van der Waals surface area contributed by atoms with Gasteiger partial charge in [-0.2, -0.15) is 0 Å². The van der Waals surface area contributed by atoms with Gasteiger partial charge >= 0.3 is 0 Å². The van der Waals surface area contributed by atoms with E-state index in [2.05, 4.69) is 34.9 Å². The van der Waals surface area contributed by atoms with Crippen LogP contribution in [0.5, 0.6) is 0 Å². The van der Waals surface area contributed by atoms with Crippen LogP contribution in [-0.2, 0) is 6.54 Å². The topological polar surface area (TPSA) is 19.7 Å². The van der Waals surface area contributed by atoms with E-state index in [4.69, 9.17) is 12.2 Å². The summed E-state index contributed by atoms with van der Waals surface area (Å²) in [6, 6.07) is 2.09. The van der Waals surface area contributed by atoms with Crippen LogP contribution in [0.4, 0.5) is 0 Å². The lowest BCUT2D eigenvalue weighted by molar-refractivity contribution is -0.692. The maximum atomic E-state index is 5.05. The van der Waals surface area contributed by atoms with Crippen LogP contribution in [0.25, 0.3) is 10.2 Å². The summed E-state index contributed by atoms with van der Waals surface area (Å²) in [5.74, 6) is 0. The van der Waals surface area contributed by atoms with Crippen molar-refractivity contribution >= 4 is 33.8 Å². The van der Waals surface area contributed by atoms with Crippen molar-refractivity contribution in [2.75, 3.05) is 0 Å². The van der Waals surface area contributed by atoms with E-state index >= 15 is 0 Å². The number of hydrogen-bond acceptors (Lipinski definition) is 2. The van der Waals surface area contributed by atoms with Gasteiger partial charge in [-0.1, -0.05) is 0 Å². The van der Waals surface area contributed by atoms with Crippen LogP contribution < -0.4 is 4.57 Å². The molecule has 0 aliphatic heterocycles. The van der Waals surface area contributed by atoms with E-state index in [0.29, 0.717) is 0 Å². The molecule has 2 rings (SSSR count). The Morgan fingerprint density at radius 1 is 1.67 bits per heavy atom. The van der Waals surface area contributed by atoms with Crippen molar-refractivity contribution < 1.29 is 4.57 Å². The van der Waals surface area contributed by atoms with Crippen molar-refractivity contribution in [1.82, 2.24) is 4.98 Å². The first-order chi connectivity index (χ1) is 5.79. The summed E-state index contributed by atoms with van der Waals surface area (Å²) in [5.41, 5.74) is 1.13. The Labute approximate surface area is 79.5 Å². The van der Waals surface area contributed by atoms with Gasteiger partial charge in [0.05, 0.1) is 4.70 Å². The smallest absolute Gasteiger partial charge is 0.193 e. The molecule has 2 nitrogen and oxygen atoms in total. The van der Waals surface area contributed by atoms with Crippen molar-refractivity contribution in [3.05, 3.63) is 22.4 Å². The summed E-state index contributed by atoms with van der Waals surface area (Å²) < 4.78 is 4.20. The molecule has 0 saturated heterocycles. The lowest BCUT2D eigenvalue weighted by atomic mass is 10.4. The normalized spacial score (nSPS) is 10.8. The summed E-state index contributed by atoms with van der Waals surface area (Å²) in [7, 11) is 0. The van der Waals surface area contributed by atoms with E-state index in [9.17, 15) is 0 Å². The quantitative estimate of drug-likeness (QED) is 0.549. The summed E-state index contributed by atoms with van der Waals surface area (Å²) in [6.07, 6.45) is 4.16. The lowest BCUT2D eigenvalue weighted by Gasteiger charge is -1.89. The van der Waals surface area contributed by atoms with Crippen molar-refractivity contribution in [2.24, 2.45) is 0 Å². The van der Waals surface area contributed by atoms with Crippen molar-refractivity contribution in [3.8, 4) is 0 Å². The van der Waals surface area contributed by atoms with Crippen LogP contribution >= 0.6 is 23.6 Å². The molecule has 62 valence electrons. The van der Waals surface area contributed by atoms with E-state index in [-0.39, 0.29) is 0 Å². The van der Waals surface area contributed by atoms with Gasteiger partial charge in [-0.25, -0.2) is 4.57 Å². The van der Waals surface area contributed by atoms with Gasteiger partial charge in [-0.15, -0.1) is 11.3 Å². The van der Waals surface area contributed by atoms with E-state index < -0.39 is 0 Å². The zero-order chi connectivity index (χ0) is 8.55. The number of aromatic amines is 1. The van der Waals surface area contributed by atoms with E-state index in [1.807, 2.05) is 0 Å². The number of nitrogens with one attached hydrogen (secondary N) is 1. The zero-order valence-corrected chi connectivity index (χ0v) is 8.34. The number of pyridine rings is 1. The number of nitrogens with zero attached hydrogens (tertiary/aromatic N) is 1. The Hall–Kier alpha value is -0.740. The molecule has 0 aromatic carbocycles. The number of aromatic nitrogens is 2. The second kappa shape index (κ2) is 2.95. The third-order valence-corrected chi connectivity index (χ3v) is 3.00. The average molecular weight is 197 g/mol. The molecule has 0 radical (unpaired) electrons. The minimum atomic E-state index is 0.846. The van der Waals surface area contributed by atoms with Crippen LogP contribution in [0.15, 0.2) is 18.5 Å². The fourth-order valence-corrected chi connectivity index (χ4v) is 2.22. The average Bonchev–Trinajstić information content (AvgIpc) is 2.43. The summed E-state index contributed by atoms with van der Waals surface area (Å²) in [5, 5.41) is 0. The molecular weight excluding hydrogens is 188 g/mol. The van der Waals surface area contributed by atoms with Crippen molar-refractivity contribution in [1.29, 1.82) is 0 Å². The van der Waals surface area contributed by atoms with Gasteiger partial charge < -0.3 is 4.98 Å². The van der Waals surface area contributed by atoms with Gasteiger partial charge in [-0.3, -0.25) is 0 Å². The van der Waals surface area contributed by atoms with Crippen LogP contribution in [0.2, 0.25) is 0 Å². The first-order valence-electron chi connectivity index (χ1n) is 3.81. The van der Waals surface area contributed by atoms with Gasteiger partial charge in [0.1, 0.15) is 12.1 Å². The summed E-state index contributed by atoms with van der Waals surface area (Å²) >= 11 is 6.66. The van der Waals surface area contributed by atoms with Gasteiger partial charge in [0.2, 0.25) is 0 Å². The zero-order valence-electron chi connectivity index (χ0n) is 6.70. The number of rotatable bonds is 1. The molecule has 0 aliphatic carbocycles. The van der Waals surface area contributed by atoms with Gasteiger partial charge in [0.15, 0.2) is 16.3 Å². The molecule has 0 aliphatic rings. The monoisotopic (exact) mass is 197 g/mol. The molecule has 0 saturated carbocycles. The SMILES string of the molecule is CC[n+]1ccc2sc(=S)[nH]c2c1. The number of aryl methyl sites for hydroxylation is 1. The minimum absolute atomic E-state index is 0.846. The largest absolute Gasteiger partial charge is 0.332 e. The maximum Gasteiger partial charge on any atom is 0.193 e. The third-order valence-electron chi connectivity index (χ3n) is 1.78. The summed E-state index contributed by atoms with van der Waals surface area (Å²) in [6.45, 7) is 3.11. The predicted octanol–water partition coefficient (Wildman–Crippen LogP) is 2.27. The molecule has 0 bridgehead atoms. The van der Waals surface area contributed by atoms with Gasteiger partial charge in [0.25, 0.3) is 0 Å². The molecule has 12 heavy (non-hydrogen) atoms. The molecule has 0 atom stereocenters. The van der Waals surface area contributed by atoms with E-state index in [1.165, 1.54) is 4.70 Å². The van der Waals surface area contributed by atoms with E-state index in [1.54, 1.807) is 11.3 Å². The Morgan fingerprint density at radius 3 is 3.25 bits per heavy atom. The fourth-order valence-electron chi connectivity index (χ4n) is 1.14. The molecule has 0 spiro atoms. The fraction of sp³-hybridized carbons (Fsp3) is 0.250. The molecule has 1 N–H and O–H groups in total. The molecular formula is C8H9N2S2+. The number of thiazole rings is 1. The second-order valence-corrected chi connectivity index (χ2v) is 4.29. The first-order valence-corrected chi connectivity index (χ1v) is 5.04. The highest BCUT2D eigenvalue weighted by Gasteiger charge is 2.01. The second-order valence-electron chi connectivity index (χ2n) is 2.57. The van der Waals surface area contributed by atoms with Gasteiger partial charge in [0, 0.05) is 6.07 Å². The molecule has 2 aromatic rings. The number of fused-ring (bicyclic) bond motifs is 1. The number of H-pyrrole nitrogens is 1. The van der Waals surface area contributed by atoms with Crippen LogP contribution in [0.3, 0.4) is 0 Å². The minimum Gasteiger partial charge on any atom is -0.332 e. The highest BCUT2D eigenvalue weighted by Crippen LogP contribution is 2.16.